The molecular weight excluding hydrogens is 601 g/mol. The molecule has 3 aromatic carbocycles. The predicted octanol–water partition coefficient (Wildman–Crippen LogP) is 5.83. The summed E-state index contributed by atoms with van der Waals surface area (Å²) in [6.45, 7) is 1.32. The standard InChI is InChI=1S/C29H21F3N6O5S/c1-17(39)34-20-7-10-23(11-8-20)44(41,42)38-22-6-2-4-18(14-22)28-36-26(37-43-28)24-12-9-21(15-25(24)29(30,31)32)35-27(40)19-5-3-13-33-16-19/h2-16,38H,1H3,(H,34,39)(H,35,40). The van der Waals surface area contributed by atoms with Crippen molar-refractivity contribution in [2.24, 2.45) is 0 Å². The average Bonchev–Trinajstić information content (AvgIpc) is 3.47. The van der Waals surface area contributed by atoms with Gasteiger partial charge in [-0.05, 0) is 72.8 Å². The molecule has 5 rings (SSSR count). The molecule has 0 spiro atoms. The van der Waals surface area contributed by atoms with E-state index in [1.54, 1.807) is 0 Å². The van der Waals surface area contributed by atoms with Crippen LogP contribution < -0.4 is 15.4 Å². The molecule has 0 saturated heterocycles. The van der Waals surface area contributed by atoms with E-state index in [1.807, 2.05) is 0 Å². The van der Waals surface area contributed by atoms with Crippen LogP contribution in [0.5, 0.6) is 0 Å². The normalized spacial score (nSPS) is 11.5. The van der Waals surface area contributed by atoms with Crippen LogP contribution in [0.25, 0.3) is 22.8 Å². The smallest absolute Gasteiger partial charge is 0.334 e. The van der Waals surface area contributed by atoms with E-state index < -0.39 is 33.2 Å². The van der Waals surface area contributed by atoms with Crippen LogP contribution in [0.1, 0.15) is 22.8 Å². The van der Waals surface area contributed by atoms with Crippen LogP contribution in [0.15, 0.2) is 101 Å². The Hall–Kier alpha value is -5.57. The van der Waals surface area contributed by atoms with E-state index in [-0.39, 0.29) is 45.0 Å². The van der Waals surface area contributed by atoms with Gasteiger partial charge in [0.25, 0.3) is 21.8 Å². The molecular formula is C29H21F3N6O5S. The van der Waals surface area contributed by atoms with Gasteiger partial charge in [-0.3, -0.25) is 19.3 Å². The maximum absolute atomic E-state index is 14.0. The second kappa shape index (κ2) is 12.0. The average molecular weight is 623 g/mol. The van der Waals surface area contributed by atoms with Crippen LogP contribution in [-0.2, 0) is 21.0 Å². The SMILES string of the molecule is CC(=O)Nc1ccc(S(=O)(=O)Nc2cccc(-c3nc(-c4ccc(NC(=O)c5cccnc5)cc4C(F)(F)F)no3)c2)cc1. The van der Waals surface area contributed by atoms with Gasteiger partial charge in [-0.2, -0.15) is 18.2 Å². The highest BCUT2D eigenvalue weighted by molar-refractivity contribution is 7.92. The summed E-state index contributed by atoms with van der Waals surface area (Å²) < 4.78 is 75.5. The van der Waals surface area contributed by atoms with E-state index in [0.29, 0.717) is 5.69 Å². The number of aromatic nitrogens is 3. The number of amides is 2. The second-order valence-electron chi connectivity index (χ2n) is 9.27. The Morgan fingerprint density at radius 2 is 1.61 bits per heavy atom. The zero-order valence-corrected chi connectivity index (χ0v) is 23.4. The van der Waals surface area contributed by atoms with E-state index in [4.69, 9.17) is 4.52 Å². The summed E-state index contributed by atoms with van der Waals surface area (Å²) in [5.41, 5.74) is -0.674. The van der Waals surface area contributed by atoms with Gasteiger partial charge in [0.2, 0.25) is 11.7 Å². The molecule has 15 heteroatoms. The summed E-state index contributed by atoms with van der Waals surface area (Å²) in [6.07, 6.45) is -2.09. The lowest BCUT2D eigenvalue weighted by Gasteiger charge is -2.13. The second-order valence-corrected chi connectivity index (χ2v) is 11.0. The molecule has 0 unspecified atom stereocenters. The lowest BCUT2D eigenvalue weighted by Crippen LogP contribution is -2.14. The van der Waals surface area contributed by atoms with Gasteiger partial charge < -0.3 is 15.2 Å². The highest BCUT2D eigenvalue weighted by atomic mass is 32.2. The zero-order valence-electron chi connectivity index (χ0n) is 22.6. The van der Waals surface area contributed by atoms with Crippen molar-refractivity contribution < 1.29 is 35.7 Å². The fourth-order valence-corrected chi connectivity index (χ4v) is 5.10. The molecule has 5 aromatic rings. The summed E-state index contributed by atoms with van der Waals surface area (Å²) in [7, 11) is -4.04. The zero-order chi connectivity index (χ0) is 31.5. The number of hydrogen-bond donors (Lipinski definition) is 3. The fraction of sp³-hybridized carbons (Fsp3) is 0.0690. The van der Waals surface area contributed by atoms with Crippen molar-refractivity contribution in [2.75, 3.05) is 15.4 Å². The summed E-state index contributed by atoms with van der Waals surface area (Å²) in [5, 5.41) is 8.66. The maximum Gasteiger partial charge on any atom is 0.417 e. The first-order valence-electron chi connectivity index (χ1n) is 12.7. The Balaban J connectivity index is 1.38. The fourth-order valence-electron chi connectivity index (χ4n) is 4.05. The molecule has 2 amide bonds. The van der Waals surface area contributed by atoms with Gasteiger partial charge in [-0.15, -0.1) is 0 Å². The first kappa shape index (κ1) is 29.9. The number of sulfonamides is 1. The van der Waals surface area contributed by atoms with E-state index >= 15 is 0 Å². The minimum Gasteiger partial charge on any atom is -0.334 e. The molecule has 0 saturated carbocycles. The van der Waals surface area contributed by atoms with Crippen LogP contribution in [0, 0.1) is 0 Å². The van der Waals surface area contributed by atoms with Crippen molar-refractivity contribution in [3.63, 3.8) is 0 Å². The number of halogens is 3. The molecule has 0 aliphatic carbocycles. The van der Waals surface area contributed by atoms with Crippen LogP contribution >= 0.6 is 0 Å². The lowest BCUT2D eigenvalue weighted by molar-refractivity contribution is -0.137. The van der Waals surface area contributed by atoms with Gasteiger partial charge >= 0.3 is 6.18 Å². The van der Waals surface area contributed by atoms with Gasteiger partial charge in [0.1, 0.15) is 0 Å². The highest BCUT2D eigenvalue weighted by Crippen LogP contribution is 2.38. The third kappa shape index (κ3) is 6.90. The number of carbonyl (C=O) groups is 2. The summed E-state index contributed by atoms with van der Waals surface area (Å²) >= 11 is 0. The van der Waals surface area contributed by atoms with Crippen molar-refractivity contribution in [1.82, 2.24) is 15.1 Å². The number of rotatable bonds is 8. The summed E-state index contributed by atoms with van der Waals surface area (Å²) in [6, 6.07) is 17.5. The Labute approximate surface area is 248 Å². The monoisotopic (exact) mass is 622 g/mol. The molecule has 2 aromatic heterocycles. The molecule has 0 radical (unpaired) electrons. The largest absolute Gasteiger partial charge is 0.417 e. The number of benzene rings is 3. The Bertz CT molecular complexity index is 1950. The molecule has 0 atom stereocenters. The highest BCUT2D eigenvalue weighted by Gasteiger charge is 2.35. The summed E-state index contributed by atoms with van der Waals surface area (Å²) in [5.74, 6) is -1.49. The Kier molecular flexibility index (Phi) is 8.13. The molecule has 44 heavy (non-hydrogen) atoms. The Morgan fingerprint density at radius 3 is 2.30 bits per heavy atom. The van der Waals surface area contributed by atoms with Gasteiger partial charge in [0, 0.05) is 47.5 Å². The quantitative estimate of drug-likeness (QED) is 0.195. The number of pyridine rings is 1. The van der Waals surface area contributed by atoms with Crippen LogP contribution in [-0.4, -0.2) is 35.4 Å². The topological polar surface area (TPSA) is 156 Å². The van der Waals surface area contributed by atoms with Gasteiger partial charge in [0.15, 0.2) is 0 Å². The minimum absolute atomic E-state index is 0.0724. The molecule has 0 aliphatic heterocycles. The van der Waals surface area contributed by atoms with Crippen molar-refractivity contribution in [1.29, 1.82) is 0 Å². The van der Waals surface area contributed by atoms with Gasteiger partial charge in [-0.25, -0.2) is 8.42 Å². The van der Waals surface area contributed by atoms with E-state index in [9.17, 15) is 31.2 Å². The van der Waals surface area contributed by atoms with Crippen molar-refractivity contribution in [3.05, 3.63) is 102 Å². The minimum atomic E-state index is -4.83. The first-order valence-corrected chi connectivity index (χ1v) is 14.1. The Morgan fingerprint density at radius 1 is 0.864 bits per heavy atom. The molecule has 224 valence electrons. The predicted molar refractivity (Wildman–Crippen MR) is 154 cm³/mol. The van der Waals surface area contributed by atoms with Crippen molar-refractivity contribution >= 4 is 38.9 Å². The lowest BCUT2D eigenvalue weighted by atomic mass is 10.0. The van der Waals surface area contributed by atoms with E-state index in [0.717, 1.165) is 12.1 Å². The molecule has 3 N–H and O–H groups in total. The van der Waals surface area contributed by atoms with E-state index in [1.165, 1.54) is 86.0 Å². The molecule has 11 nitrogen and oxygen atoms in total. The van der Waals surface area contributed by atoms with Crippen LogP contribution in [0.3, 0.4) is 0 Å². The number of nitrogens with zero attached hydrogens (tertiary/aromatic N) is 3. The number of anilines is 3. The number of alkyl halides is 3. The molecule has 0 fully saturated rings. The van der Waals surface area contributed by atoms with Crippen LogP contribution in [0.2, 0.25) is 0 Å². The first-order chi connectivity index (χ1) is 20.9. The van der Waals surface area contributed by atoms with Gasteiger partial charge in [0.05, 0.1) is 16.0 Å². The maximum atomic E-state index is 14.0. The number of carbonyl (C=O) groups excluding carboxylic acids is 2. The van der Waals surface area contributed by atoms with Crippen molar-refractivity contribution in [2.45, 2.75) is 18.0 Å². The van der Waals surface area contributed by atoms with Crippen molar-refractivity contribution in [3.8, 4) is 22.8 Å². The molecule has 0 aliphatic rings. The molecule has 2 heterocycles. The number of hydrogen-bond acceptors (Lipinski definition) is 8. The van der Waals surface area contributed by atoms with Gasteiger partial charge in [-0.1, -0.05) is 11.2 Å². The summed E-state index contributed by atoms with van der Waals surface area (Å²) in [4.78, 5) is 31.5. The third-order valence-corrected chi connectivity index (χ3v) is 7.42. The number of nitrogens with one attached hydrogen (secondary N) is 3. The van der Waals surface area contributed by atoms with E-state index in [2.05, 4.69) is 30.5 Å². The third-order valence-electron chi connectivity index (χ3n) is 6.02. The van der Waals surface area contributed by atoms with Crippen LogP contribution in [0.4, 0.5) is 30.2 Å². The molecule has 0 bridgehead atoms.